The quantitative estimate of drug-likeness (QED) is 0.550. The predicted molar refractivity (Wildman–Crippen MR) is 137 cm³/mol. The first-order chi connectivity index (χ1) is 17.2. The summed E-state index contributed by atoms with van der Waals surface area (Å²) < 4.78 is 0. The highest BCUT2D eigenvalue weighted by molar-refractivity contribution is 5.98. The Kier molecular flexibility index (Phi) is 7.19. The monoisotopic (exact) mass is 468 g/mol. The van der Waals surface area contributed by atoms with Crippen LogP contribution in [0.15, 0.2) is 72.9 Å². The minimum Gasteiger partial charge on any atom is -0.336 e. The number of carbonyl (C=O) groups excluding carboxylic acids is 2. The van der Waals surface area contributed by atoms with E-state index in [0.29, 0.717) is 38.0 Å². The molecule has 6 nitrogen and oxygen atoms in total. The lowest BCUT2D eigenvalue weighted by Crippen LogP contribution is -2.48. The zero-order chi connectivity index (χ0) is 24.0. The summed E-state index contributed by atoms with van der Waals surface area (Å²) in [7, 11) is 0. The molecule has 1 fully saturated rings. The van der Waals surface area contributed by atoms with E-state index in [2.05, 4.69) is 46.3 Å². The molecule has 0 radical (unpaired) electrons. The van der Waals surface area contributed by atoms with Gasteiger partial charge >= 0.3 is 0 Å². The van der Waals surface area contributed by atoms with Crippen molar-refractivity contribution in [3.8, 4) is 0 Å². The zero-order valence-electron chi connectivity index (χ0n) is 20.1. The van der Waals surface area contributed by atoms with Crippen LogP contribution in [0.4, 0.5) is 5.69 Å². The summed E-state index contributed by atoms with van der Waals surface area (Å²) >= 11 is 0. The first-order valence-electron chi connectivity index (χ1n) is 12.6. The molecule has 3 heterocycles. The van der Waals surface area contributed by atoms with Crippen LogP contribution < -0.4 is 4.90 Å². The molecule has 0 unspecified atom stereocenters. The van der Waals surface area contributed by atoms with Crippen molar-refractivity contribution in [2.24, 2.45) is 0 Å². The number of anilines is 1. The number of pyridine rings is 1. The van der Waals surface area contributed by atoms with Crippen LogP contribution in [0, 0.1) is 0 Å². The number of carbonyl (C=O) groups is 2. The van der Waals surface area contributed by atoms with Crippen molar-refractivity contribution in [3.05, 3.63) is 95.3 Å². The molecule has 2 aliphatic rings. The summed E-state index contributed by atoms with van der Waals surface area (Å²) in [6.45, 7) is 4.68. The van der Waals surface area contributed by atoms with Crippen LogP contribution in [-0.4, -0.2) is 59.3 Å². The Hall–Kier alpha value is -3.51. The maximum atomic E-state index is 13.3. The van der Waals surface area contributed by atoms with Crippen LogP contribution in [0.2, 0.25) is 0 Å². The van der Waals surface area contributed by atoms with E-state index in [1.54, 1.807) is 6.20 Å². The van der Waals surface area contributed by atoms with Crippen molar-refractivity contribution >= 4 is 17.5 Å². The van der Waals surface area contributed by atoms with Gasteiger partial charge in [0.2, 0.25) is 5.91 Å². The number of aryl methyl sites for hydroxylation is 2. The highest BCUT2D eigenvalue weighted by Gasteiger charge is 2.27. The van der Waals surface area contributed by atoms with Crippen molar-refractivity contribution in [1.29, 1.82) is 0 Å². The Bertz CT molecular complexity index is 1160. The summed E-state index contributed by atoms with van der Waals surface area (Å²) in [5.41, 5.74) is 4.74. The van der Waals surface area contributed by atoms with Crippen molar-refractivity contribution in [1.82, 2.24) is 14.8 Å². The topological polar surface area (TPSA) is 56.8 Å². The fourth-order valence-electron chi connectivity index (χ4n) is 4.97. The van der Waals surface area contributed by atoms with E-state index in [0.717, 1.165) is 49.4 Å². The fourth-order valence-corrected chi connectivity index (χ4v) is 4.97. The van der Waals surface area contributed by atoms with Gasteiger partial charge in [-0.25, -0.2) is 0 Å². The van der Waals surface area contributed by atoms with Gasteiger partial charge in [-0.1, -0.05) is 60.7 Å². The van der Waals surface area contributed by atoms with Gasteiger partial charge in [0.1, 0.15) is 0 Å². The SMILES string of the molecule is O=C(c1cnc2c(c1)N(C(=O)CCc1ccccc1)CCC2)N1CCN(Cc2ccccc2)CC1. The molecule has 5 rings (SSSR count). The predicted octanol–water partition coefficient (Wildman–Crippen LogP) is 3.95. The molecular weight excluding hydrogens is 436 g/mol. The maximum absolute atomic E-state index is 13.3. The number of piperazine rings is 1. The number of hydrogen-bond donors (Lipinski definition) is 0. The van der Waals surface area contributed by atoms with Gasteiger partial charge in [0.05, 0.1) is 16.9 Å². The third-order valence-corrected chi connectivity index (χ3v) is 6.96. The van der Waals surface area contributed by atoms with Crippen LogP contribution in [0.1, 0.15) is 40.0 Å². The minimum absolute atomic E-state index is 0.00178. The second-order valence-corrected chi connectivity index (χ2v) is 9.38. The Morgan fingerprint density at radius 3 is 2.23 bits per heavy atom. The van der Waals surface area contributed by atoms with Gasteiger partial charge in [0.15, 0.2) is 0 Å². The second-order valence-electron chi connectivity index (χ2n) is 9.38. The Balaban J connectivity index is 1.22. The van der Waals surface area contributed by atoms with E-state index in [1.165, 1.54) is 5.56 Å². The minimum atomic E-state index is 0.00178. The van der Waals surface area contributed by atoms with E-state index in [-0.39, 0.29) is 11.8 Å². The van der Waals surface area contributed by atoms with Crippen LogP contribution in [0.5, 0.6) is 0 Å². The van der Waals surface area contributed by atoms with Gasteiger partial charge in [-0.2, -0.15) is 0 Å². The van der Waals surface area contributed by atoms with Gasteiger partial charge in [-0.3, -0.25) is 19.5 Å². The molecule has 35 heavy (non-hydrogen) atoms. The van der Waals surface area contributed by atoms with Crippen molar-refractivity contribution in [3.63, 3.8) is 0 Å². The molecule has 1 saturated heterocycles. The van der Waals surface area contributed by atoms with Crippen molar-refractivity contribution in [2.75, 3.05) is 37.6 Å². The lowest BCUT2D eigenvalue weighted by Gasteiger charge is -2.35. The lowest BCUT2D eigenvalue weighted by molar-refractivity contribution is -0.118. The number of hydrogen-bond acceptors (Lipinski definition) is 4. The number of rotatable bonds is 6. The molecular formula is C29H32N4O2. The van der Waals surface area contributed by atoms with Crippen molar-refractivity contribution < 1.29 is 9.59 Å². The first-order valence-corrected chi connectivity index (χ1v) is 12.6. The average molecular weight is 469 g/mol. The highest BCUT2D eigenvalue weighted by atomic mass is 16.2. The van der Waals surface area contributed by atoms with Crippen molar-refractivity contribution in [2.45, 2.75) is 32.2 Å². The average Bonchev–Trinajstić information content (AvgIpc) is 2.92. The summed E-state index contributed by atoms with van der Waals surface area (Å²) in [5.74, 6) is 0.0950. The van der Waals surface area contributed by atoms with E-state index < -0.39 is 0 Å². The standard InChI is InChI=1S/C29H32N4O2/c34-28(14-13-23-8-3-1-4-9-23)33-15-7-12-26-27(33)20-25(21-30-26)29(35)32-18-16-31(17-19-32)22-24-10-5-2-6-11-24/h1-6,8-11,20-21H,7,12-19,22H2. The molecule has 0 N–H and O–H groups in total. The fraction of sp³-hybridized carbons (Fsp3) is 0.345. The summed E-state index contributed by atoms with van der Waals surface area (Å²) in [5, 5.41) is 0. The molecule has 0 bridgehead atoms. The Labute approximate surface area is 207 Å². The number of nitrogens with zero attached hydrogens (tertiary/aromatic N) is 4. The molecule has 0 aliphatic carbocycles. The molecule has 6 heteroatoms. The molecule has 2 aromatic carbocycles. The van der Waals surface area contributed by atoms with Crippen LogP contribution in [0.3, 0.4) is 0 Å². The molecule has 0 saturated carbocycles. The molecule has 1 aromatic heterocycles. The van der Waals surface area contributed by atoms with Gasteiger partial charge < -0.3 is 9.80 Å². The highest BCUT2D eigenvalue weighted by Crippen LogP contribution is 2.28. The summed E-state index contributed by atoms with van der Waals surface area (Å²) in [6, 6.07) is 22.4. The van der Waals surface area contributed by atoms with Gasteiger partial charge in [-0.05, 0) is 36.5 Å². The Morgan fingerprint density at radius 1 is 0.829 bits per heavy atom. The van der Waals surface area contributed by atoms with Crippen LogP contribution >= 0.6 is 0 Å². The van der Waals surface area contributed by atoms with Crippen LogP contribution in [0.25, 0.3) is 0 Å². The number of fused-ring (bicyclic) bond motifs is 1. The molecule has 2 amide bonds. The lowest BCUT2D eigenvalue weighted by atomic mass is 10.0. The third-order valence-electron chi connectivity index (χ3n) is 6.96. The number of benzene rings is 2. The molecule has 3 aromatic rings. The Morgan fingerprint density at radius 2 is 1.51 bits per heavy atom. The zero-order valence-corrected chi connectivity index (χ0v) is 20.1. The molecule has 180 valence electrons. The van der Waals surface area contributed by atoms with E-state index in [9.17, 15) is 9.59 Å². The summed E-state index contributed by atoms with van der Waals surface area (Å²) in [6.07, 6.45) is 4.59. The summed E-state index contributed by atoms with van der Waals surface area (Å²) in [4.78, 5) is 37.1. The molecule has 2 aliphatic heterocycles. The van der Waals surface area contributed by atoms with Gasteiger partial charge in [0.25, 0.3) is 5.91 Å². The maximum Gasteiger partial charge on any atom is 0.255 e. The molecule has 0 spiro atoms. The number of aromatic nitrogens is 1. The van der Waals surface area contributed by atoms with Crippen LogP contribution in [-0.2, 0) is 24.2 Å². The first kappa shape index (κ1) is 23.2. The third kappa shape index (κ3) is 5.60. The van der Waals surface area contributed by atoms with Gasteiger partial charge in [0, 0.05) is 51.9 Å². The smallest absolute Gasteiger partial charge is 0.255 e. The van der Waals surface area contributed by atoms with E-state index in [4.69, 9.17) is 0 Å². The van der Waals surface area contributed by atoms with E-state index in [1.807, 2.05) is 40.1 Å². The number of amides is 2. The van der Waals surface area contributed by atoms with Gasteiger partial charge in [-0.15, -0.1) is 0 Å². The normalized spacial score (nSPS) is 16.1. The second kappa shape index (κ2) is 10.8. The van der Waals surface area contributed by atoms with E-state index >= 15 is 0 Å². The molecule has 0 atom stereocenters. The largest absolute Gasteiger partial charge is 0.336 e.